The van der Waals surface area contributed by atoms with Crippen molar-refractivity contribution >= 4 is 5.91 Å². The smallest absolute Gasteiger partial charge is 0.325 e. The van der Waals surface area contributed by atoms with Crippen molar-refractivity contribution < 1.29 is 4.79 Å². The second-order valence-corrected chi connectivity index (χ2v) is 4.34. The second-order valence-electron chi connectivity index (χ2n) is 4.34. The van der Waals surface area contributed by atoms with E-state index in [1.165, 1.54) is 6.07 Å². The molecule has 6 heteroatoms. The molecule has 2 rings (SSSR count). The summed E-state index contributed by atoms with van der Waals surface area (Å²) in [4.78, 5) is 38.2. The van der Waals surface area contributed by atoms with Crippen molar-refractivity contribution in [3.63, 3.8) is 0 Å². The molecular weight excluding hydrogens is 222 g/mol. The molecule has 92 valence electrons. The van der Waals surface area contributed by atoms with Crippen LogP contribution in [0.1, 0.15) is 31.4 Å². The van der Waals surface area contributed by atoms with E-state index in [0.717, 1.165) is 25.7 Å². The molecule has 0 aliphatic heterocycles. The minimum Gasteiger partial charge on any atom is -0.353 e. The van der Waals surface area contributed by atoms with Crippen molar-refractivity contribution in [3.8, 4) is 0 Å². The highest BCUT2D eigenvalue weighted by atomic mass is 16.2. The van der Waals surface area contributed by atoms with E-state index in [-0.39, 0.29) is 18.4 Å². The minimum atomic E-state index is -0.582. The number of H-pyrrole nitrogens is 2. The molecule has 3 N–H and O–H groups in total. The maximum Gasteiger partial charge on any atom is 0.325 e. The van der Waals surface area contributed by atoms with E-state index in [2.05, 4.69) is 15.3 Å². The first kappa shape index (κ1) is 11.6. The van der Waals surface area contributed by atoms with E-state index in [4.69, 9.17) is 0 Å². The van der Waals surface area contributed by atoms with E-state index in [9.17, 15) is 14.4 Å². The molecule has 1 fully saturated rings. The number of aromatic nitrogens is 2. The van der Waals surface area contributed by atoms with Gasteiger partial charge in [-0.05, 0) is 12.8 Å². The molecule has 1 aliphatic carbocycles. The average Bonchev–Trinajstić information content (AvgIpc) is 2.67. The number of hydrogen-bond donors (Lipinski definition) is 3. The summed E-state index contributed by atoms with van der Waals surface area (Å²) in [5.74, 6) is -0.154. The van der Waals surface area contributed by atoms with Gasteiger partial charge in [0.25, 0.3) is 5.56 Å². The first-order valence-electron chi connectivity index (χ1n) is 5.75. The van der Waals surface area contributed by atoms with Crippen LogP contribution in [0.25, 0.3) is 0 Å². The van der Waals surface area contributed by atoms with Gasteiger partial charge in [0, 0.05) is 17.8 Å². The lowest BCUT2D eigenvalue weighted by Crippen LogP contribution is -2.35. The standard InChI is InChI=1S/C11H15N3O3/c15-9(12-7-3-1-2-4-7)5-8-6-10(16)14-11(17)13-8/h6-7H,1-5H2,(H,12,15)(H2,13,14,16,17). The van der Waals surface area contributed by atoms with Crippen molar-refractivity contribution in [1.29, 1.82) is 0 Å². The highest BCUT2D eigenvalue weighted by Gasteiger charge is 2.17. The largest absolute Gasteiger partial charge is 0.353 e. The van der Waals surface area contributed by atoms with Gasteiger partial charge in [-0.25, -0.2) is 4.79 Å². The maximum absolute atomic E-state index is 11.6. The van der Waals surface area contributed by atoms with Crippen molar-refractivity contribution in [1.82, 2.24) is 15.3 Å². The number of aromatic amines is 2. The Balaban J connectivity index is 1.97. The van der Waals surface area contributed by atoms with Crippen LogP contribution in [0.2, 0.25) is 0 Å². The van der Waals surface area contributed by atoms with Crippen molar-refractivity contribution in [2.75, 3.05) is 0 Å². The topological polar surface area (TPSA) is 94.8 Å². The third-order valence-electron chi connectivity index (χ3n) is 2.89. The predicted molar refractivity (Wildman–Crippen MR) is 61.8 cm³/mol. The summed E-state index contributed by atoms with van der Waals surface area (Å²) in [5.41, 5.74) is -0.729. The van der Waals surface area contributed by atoms with Gasteiger partial charge in [0.1, 0.15) is 0 Å². The molecule has 1 aromatic rings. The van der Waals surface area contributed by atoms with Crippen LogP contribution in [0.3, 0.4) is 0 Å². The zero-order chi connectivity index (χ0) is 12.3. The molecule has 1 aromatic heterocycles. The Morgan fingerprint density at radius 1 is 1.29 bits per heavy atom. The van der Waals surface area contributed by atoms with Crippen LogP contribution in [-0.4, -0.2) is 21.9 Å². The summed E-state index contributed by atoms with van der Waals surface area (Å²) >= 11 is 0. The second kappa shape index (κ2) is 4.99. The summed E-state index contributed by atoms with van der Waals surface area (Å²) in [5, 5.41) is 2.89. The van der Waals surface area contributed by atoms with E-state index in [0.29, 0.717) is 5.69 Å². The van der Waals surface area contributed by atoms with Gasteiger partial charge in [-0.3, -0.25) is 14.6 Å². The van der Waals surface area contributed by atoms with E-state index in [1.807, 2.05) is 0 Å². The number of amides is 1. The summed E-state index contributed by atoms with van der Waals surface area (Å²) in [6, 6.07) is 1.48. The van der Waals surface area contributed by atoms with Gasteiger partial charge in [0.15, 0.2) is 0 Å². The van der Waals surface area contributed by atoms with Crippen LogP contribution >= 0.6 is 0 Å². The molecule has 0 unspecified atom stereocenters. The molecule has 1 aliphatic rings. The van der Waals surface area contributed by atoms with Crippen LogP contribution in [0.4, 0.5) is 0 Å². The van der Waals surface area contributed by atoms with Gasteiger partial charge < -0.3 is 10.3 Å². The number of carbonyl (C=O) groups is 1. The van der Waals surface area contributed by atoms with E-state index in [1.54, 1.807) is 0 Å². The lowest BCUT2D eigenvalue weighted by Gasteiger charge is -2.11. The van der Waals surface area contributed by atoms with Crippen LogP contribution < -0.4 is 16.6 Å². The van der Waals surface area contributed by atoms with Gasteiger partial charge >= 0.3 is 5.69 Å². The number of hydrogen-bond acceptors (Lipinski definition) is 3. The highest BCUT2D eigenvalue weighted by molar-refractivity contribution is 5.78. The van der Waals surface area contributed by atoms with Crippen LogP contribution in [0, 0.1) is 0 Å². The Morgan fingerprint density at radius 3 is 2.65 bits per heavy atom. The fraction of sp³-hybridized carbons (Fsp3) is 0.545. The number of carbonyl (C=O) groups excluding carboxylic acids is 1. The summed E-state index contributed by atoms with van der Waals surface area (Å²) in [6.07, 6.45) is 4.35. The molecule has 0 bridgehead atoms. The summed E-state index contributed by atoms with van der Waals surface area (Å²) < 4.78 is 0. The van der Waals surface area contributed by atoms with Gasteiger partial charge in [-0.2, -0.15) is 0 Å². The number of rotatable bonds is 3. The Kier molecular flexibility index (Phi) is 3.41. The zero-order valence-corrected chi connectivity index (χ0v) is 9.41. The molecule has 0 atom stereocenters. The fourth-order valence-electron chi connectivity index (χ4n) is 2.14. The van der Waals surface area contributed by atoms with Gasteiger partial charge in [0.2, 0.25) is 5.91 Å². The molecular formula is C11H15N3O3. The van der Waals surface area contributed by atoms with Gasteiger partial charge in [-0.1, -0.05) is 12.8 Å². The monoisotopic (exact) mass is 237 g/mol. The average molecular weight is 237 g/mol. The Morgan fingerprint density at radius 2 is 2.00 bits per heavy atom. The van der Waals surface area contributed by atoms with E-state index < -0.39 is 11.2 Å². The zero-order valence-electron chi connectivity index (χ0n) is 9.41. The molecule has 0 saturated heterocycles. The van der Waals surface area contributed by atoms with E-state index >= 15 is 0 Å². The summed E-state index contributed by atoms with van der Waals surface area (Å²) in [6.45, 7) is 0. The molecule has 6 nitrogen and oxygen atoms in total. The maximum atomic E-state index is 11.6. The lowest BCUT2D eigenvalue weighted by molar-refractivity contribution is -0.121. The SMILES string of the molecule is O=C(Cc1cc(=O)[nH]c(=O)[nH]1)NC1CCCC1. The molecule has 1 amide bonds. The molecule has 0 radical (unpaired) electrons. The predicted octanol–water partition coefficient (Wildman–Crippen LogP) is -0.335. The lowest BCUT2D eigenvalue weighted by atomic mass is 10.2. The molecule has 0 spiro atoms. The first-order valence-corrected chi connectivity index (χ1v) is 5.75. The fourth-order valence-corrected chi connectivity index (χ4v) is 2.14. The Hall–Kier alpha value is -1.85. The Labute approximate surface area is 97.5 Å². The highest BCUT2D eigenvalue weighted by Crippen LogP contribution is 2.17. The first-order chi connectivity index (χ1) is 8.13. The van der Waals surface area contributed by atoms with Crippen LogP contribution in [0.5, 0.6) is 0 Å². The molecule has 1 heterocycles. The third-order valence-corrected chi connectivity index (χ3v) is 2.89. The Bertz CT molecular complexity index is 483. The van der Waals surface area contributed by atoms with Crippen LogP contribution in [0.15, 0.2) is 15.7 Å². The van der Waals surface area contributed by atoms with Crippen molar-refractivity contribution in [2.24, 2.45) is 0 Å². The third kappa shape index (κ3) is 3.30. The van der Waals surface area contributed by atoms with Crippen molar-refractivity contribution in [3.05, 3.63) is 32.6 Å². The molecule has 1 saturated carbocycles. The number of nitrogens with one attached hydrogen (secondary N) is 3. The minimum absolute atomic E-state index is 0.0374. The van der Waals surface area contributed by atoms with Gasteiger partial charge in [-0.15, -0.1) is 0 Å². The quantitative estimate of drug-likeness (QED) is 0.671. The summed E-state index contributed by atoms with van der Waals surface area (Å²) in [7, 11) is 0. The molecule has 0 aromatic carbocycles. The van der Waals surface area contributed by atoms with Crippen molar-refractivity contribution in [2.45, 2.75) is 38.1 Å². The van der Waals surface area contributed by atoms with Gasteiger partial charge in [0.05, 0.1) is 6.42 Å². The normalized spacial score (nSPS) is 16.0. The molecule has 17 heavy (non-hydrogen) atoms. The van der Waals surface area contributed by atoms with Crippen LogP contribution in [-0.2, 0) is 11.2 Å².